The van der Waals surface area contributed by atoms with Crippen molar-refractivity contribution < 1.29 is 0 Å². The molecule has 0 aliphatic rings. The van der Waals surface area contributed by atoms with Gasteiger partial charge in [-0.3, -0.25) is 0 Å². The van der Waals surface area contributed by atoms with E-state index < -0.39 is 0 Å². The molecule has 1 aromatic carbocycles. The number of hydrogen-bond acceptors (Lipinski definition) is 3. The van der Waals surface area contributed by atoms with Crippen LogP contribution in [0.3, 0.4) is 0 Å². The molecule has 0 saturated heterocycles. The number of nitrogens with zero attached hydrogens (tertiary/aromatic N) is 1. The molecule has 17 heavy (non-hydrogen) atoms. The highest BCUT2D eigenvalue weighted by Gasteiger charge is 2.02. The van der Waals surface area contributed by atoms with Crippen LogP contribution in [0.1, 0.15) is 30.3 Å². The molecule has 0 fully saturated rings. The van der Waals surface area contributed by atoms with Crippen molar-refractivity contribution >= 4 is 28.6 Å². The molecule has 1 aromatic heterocycles. The van der Waals surface area contributed by atoms with Crippen LogP contribution in [-0.4, -0.2) is 4.98 Å². The smallest absolute Gasteiger partial charge is 0.113 e. The second-order valence-electron chi connectivity index (χ2n) is 4.19. The number of aromatic nitrogens is 1. The fourth-order valence-electron chi connectivity index (χ4n) is 1.56. The Bertz CT molecular complexity index is 494. The standard InChI is InChI=1S/C13H15ClN2S/c1-9(2)10-4-3-5-11(6-10)15-8-13-16-7-12(14)17-13/h3-7,9,15H,8H2,1-2H3. The largest absolute Gasteiger partial charge is 0.379 e. The van der Waals surface area contributed by atoms with Gasteiger partial charge in [0.05, 0.1) is 12.7 Å². The Kier molecular flexibility index (Phi) is 4.02. The first-order chi connectivity index (χ1) is 8.15. The van der Waals surface area contributed by atoms with Crippen molar-refractivity contribution in [3.05, 3.63) is 45.4 Å². The maximum atomic E-state index is 5.84. The summed E-state index contributed by atoms with van der Waals surface area (Å²) in [6.07, 6.45) is 1.69. The quantitative estimate of drug-likeness (QED) is 0.879. The average Bonchev–Trinajstić information content (AvgIpc) is 2.73. The van der Waals surface area contributed by atoms with Gasteiger partial charge in [0.2, 0.25) is 0 Å². The van der Waals surface area contributed by atoms with Crippen LogP contribution < -0.4 is 5.32 Å². The Morgan fingerprint density at radius 2 is 2.24 bits per heavy atom. The fourth-order valence-corrected chi connectivity index (χ4v) is 2.45. The Morgan fingerprint density at radius 1 is 1.41 bits per heavy atom. The van der Waals surface area contributed by atoms with Gasteiger partial charge in [-0.05, 0) is 23.6 Å². The average molecular weight is 267 g/mol. The summed E-state index contributed by atoms with van der Waals surface area (Å²) in [5.74, 6) is 0.547. The van der Waals surface area contributed by atoms with Crippen molar-refractivity contribution in [1.82, 2.24) is 4.98 Å². The van der Waals surface area contributed by atoms with E-state index in [1.54, 1.807) is 6.20 Å². The lowest BCUT2D eigenvalue weighted by atomic mass is 10.0. The number of thiazole rings is 1. The number of halogens is 1. The maximum Gasteiger partial charge on any atom is 0.113 e. The van der Waals surface area contributed by atoms with Gasteiger partial charge in [-0.25, -0.2) is 4.98 Å². The van der Waals surface area contributed by atoms with Crippen molar-refractivity contribution in [2.24, 2.45) is 0 Å². The molecule has 0 aliphatic carbocycles. The van der Waals surface area contributed by atoms with E-state index in [-0.39, 0.29) is 0 Å². The van der Waals surface area contributed by atoms with Gasteiger partial charge in [-0.2, -0.15) is 0 Å². The van der Waals surface area contributed by atoms with Crippen LogP contribution in [0.15, 0.2) is 30.5 Å². The van der Waals surface area contributed by atoms with Crippen LogP contribution in [0.25, 0.3) is 0 Å². The monoisotopic (exact) mass is 266 g/mol. The summed E-state index contributed by atoms with van der Waals surface area (Å²) >= 11 is 7.35. The zero-order valence-electron chi connectivity index (χ0n) is 9.90. The predicted molar refractivity (Wildman–Crippen MR) is 75.0 cm³/mol. The molecule has 0 atom stereocenters. The molecule has 0 radical (unpaired) electrons. The minimum absolute atomic E-state index is 0.547. The summed E-state index contributed by atoms with van der Waals surface area (Å²) in [5.41, 5.74) is 2.47. The lowest BCUT2D eigenvalue weighted by molar-refractivity contribution is 0.866. The van der Waals surface area contributed by atoms with E-state index >= 15 is 0 Å². The first-order valence-electron chi connectivity index (χ1n) is 5.59. The van der Waals surface area contributed by atoms with E-state index in [4.69, 9.17) is 11.6 Å². The van der Waals surface area contributed by atoms with Gasteiger partial charge in [-0.15, -0.1) is 11.3 Å². The topological polar surface area (TPSA) is 24.9 Å². The van der Waals surface area contributed by atoms with Crippen LogP contribution in [0.5, 0.6) is 0 Å². The molecule has 0 saturated carbocycles. The molecule has 0 bridgehead atoms. The van der Waals surface area contributed by atoms with Crippen molar-refractivity contribution in [1.29, 1.82) is 0 Å². The number of benzene rings is 1. The van der Waals surface area contributed by atoms with Gasteiger partial charge in [0.1, 0.15) is 9.34 Å². The zero-order chi connectivity index (χ0) is 12.3. The molecule has 0 spiro atoms. The Morgan fingerprint density at radius 3 is 2.88 bits per heavy atom. The van der Waals surface area contributed by atoms with Gasteiger partial charge < -0.3 is 5.32 Å². The minimum atomic E-state index is 0.547. The van der Waals surface area contributed by atoms with Crippen molar-refractivity contribution in [2.75, 3.05) is 5.32 Å². The number of hydrogen-bond donors (Lipinski definition) is 1. The van der Waals surface area contributed by atoms with Gasteiger partial charge >= 0.3 is 0 Å². The molecule has 0 amide bonds. The third-order valence-electron chi connectivity index (χ3n) is 2.52. The first kappa shape index (κ1) is 12.4. The van der Waals surface area contributed by atoms with Crippen LogP contribution in [-0.2, 0) is 6.54 Å². The second kappa shape index (κ2) is 5.52. The van der Waals surface area contributed by atoms with E-state index in [1.165, 1.54) is 16.9 Å². The van der Waals surface area contributed by atoms with Crippen molar-refractivity contribution in [3.63, 3.8) is 0 Å². The van der Waals surface area contributed by atoms with Crippen LogP contribution in [0, 0.1) is 0 Å². The summed E-state index contributed by atoms with van der Waals surface area (Å²) in [5, 5.41) is 4.36. The molecule has 2 nitrogen and oxygen atoms in total. The molecule has 2 rings (SSSR count). The Balaban J connectivity index is 2.01. The Hall–Kier alpha value is -1.06. The van der Waals surface area contributed by atoms with Crippen LogP contribution in [0.2, 0.25) is 4.34 Å². The summed E-state index contributed by atoms with van der Waals surface area (Å²) in [4.78, 5) is 4.21. The molecular formula is C13H15ClN2S. The first-order valence-corrected chi connectivity index (χ1v) is 6.78. The highest BCUT2D eigenvalue weighted by Crippen LogP contribution is 2.21. The summed E-state index contributed by atoms with van der Waals surface area (Å²) < 4.78 is 0.734. The highest BCUT2D eigenvalue weighted by molar-refractivity contribution is 7.15. The van der Waals surface area contributed by atoms with Crippen LogP contribution >= 0.6 is 22.9 Å². The molecule has 2 aromatic rings. The van der Waals surface area contributed by atoms with Gasteiger partial charge in [0.15, 0.2) is 0 Å². The molecule has 90 valence electrons. The van der Waals surface area contributed by atoms with Crippen molar-refractivity contribution in [2.45, 2.75) is 26.3 Å². The summed E-state index contributed by atoms with van der Waals surface area (Å²) in [6, 6.07) is 8.48. The van der Waals surface area contributed by atoms with Gasteiger partial charge in [-0.1, -0.05) is 37.6 Å². The Labute approximate surface area is 111 Å². The third-order valence-corrected chi connectivity index (χ3v) is 3.64. The molecule has 4 heteroatoms. The SMILES string of the molecule is CC(C)c1cccc(NCc2ncc(Cl)s2)c1. The predicted octanol–water partition coefficient (Wildman–Crippen LogP) is 4.53. The molecule has 1 N–H and O–H groups in total. The summed E-state index contributed by atoms with van der Waals surface area (Å²) in [7, 11) is 0. The lowest BCUT2D eigenvalue weighted by Crippen LogP contribution is -1.99. The number of anilines is 1. The number of nitrogens with one attached hydrogen (secondary N) is 1. The second-order valence-corrected chi connectivity index (χ2v) is 5.94. The summed E-state index contributed by atoms with van der Waals surface area (Å²) in [6.45, 7) is 5.11. The fraction of sp³-hybridized carbons (Fsp3) is 0.308. The van der Waals surface area contributed by atoms with E-state index in [9.17, 15) is 0 Å². The van der Waals surface area contributed by atoms with Crippen molar-refractivity contribution in [3.8, 4) is 0 Å². The van der Waals surface area contributed by atoms with E-state index in [1.807, 2.05) is 0 Å². The lowest BCUT2D eigenvalue weighted by Gasteiger charge is -2.09. The third kappa shape index (κ3) is 3.45. The molecule has 1 heterocycles. The van der Waals surface area contributed by atoms with E-state index in [2.05, 4.69) is 48.4 Å². The van der Waals surface area contributed by atoms with Gasteiger partial charge in [0, 0.05) is 5.69 Å². The highest BCUT2D eigenvalue weighted by atomic mass is 35.5. The maximum absolute atomic E-state index is 5.84. The minimum Gasteiger partial charge on any atom is -0.379 e. The number of rotatable bonds is 4. The normalized spacial score (nSPS) is 10.8. The molecule has 0 aliphatic heterocycles. The van der Waals surface area contributed by atoms with Gasteiger partial charge in [0.25, 0.3) is 0 Å². The molecular weight excluding hydrogens is 252 g/mol. The van der Waals surface area contributed by atoms with E-state index in [0.29, 0.717) is 5.92 Å². The zero-order valence-corrected chi connectivity index (χ0v) is 11.5. The van der Waals surface area contributed by atoms with E-state index in [0.717, 1.165) is 21.6 Å². The molecule has 0 unspecified atom stereocenters. The van der Waals surface area contributed by atoms with Crippen LogP contribution in [0.4, 0.5) is 5.69 Å².